The molecule has 0 saturated carbocycles. The van der Waals surface area contributed by atoms with Gasteiger partial charge in [0.1, 0.15) is 0 Å². The highest BCUT2D eigenvalue weighted by Gasteiger charge is 2.22. The van der Waals surface area contributed by atoms with E-state index in [0.717, 1.165) is 18.5 Å². The fourth-order valence-electron chi connectivity index (χ4n) is 1.73. The number of likely N-dealkylation sites (N-methyl/N-ethyl adjacent to an activating group) is 1. The molecular weight excluding hydrogens is 284 g/mol. The van der Waals surface area contributed by atoms with Crippen LogP contribution in [0.5, 0.6) is 0 Å². The Kier molecular flexibility index (Phi) is 6.38. The quantitative estimate of drug-likeness (QED) is 0.813. The first-order valence-corrected chi connectivity index (χ1v) is 8.88. The number of benzene rings is 1. The Bertz CT molecular complexity index is 530. The van der Waals surface area contributed by atoms with Crippen molar-refractivity contribution in [2.45, 2.75) is 39.0 Å². The molecule has 0 fully saturated rings. The van der Waals surface area contributed by atoms with Gasteiger partial charge in [-0.05, 0) is 49.0 Å². The summed E-state index contributed by atoms with van der Waals surface area (Å²) >= 11 is 0. The molecule has 120 valence electrons. The van der Waals surface area contributed by atoms with Crippen LogP contribution >= 0.6 is 0 Å². The highest BCUT2D eigenvalue weighted by Crippen LogP contribution is 2.24. The third-order valence-electron chi connectivity index (χ3n) is 3.96. The molecule has 0 radical (unpaired) electrons. The molecule has 0 spiro atoms. The second-order valence-electron chi connectivity index (χ2n) is 6.62. The number of sulfonamides is 1. The van der Waals surface area contributed by atoms with E-state index in [-0.39, 0.29) is 11.3 Å². The molecule has 1 aromatic carbocycles. The molecule has 0 bridgehead atoms. The van der Waals surface area contributed by atoms with Gasteiger partial charge in [-0.2, -0.15) is 0 Å². The zero-order chi connectivity index (χ0) is 16.1. The third-order valence-corrected chi connectivity index (χ3v) is 5.39. The van der Waals surface area contributed by atoms with E-state index < -0.39 is 10.0 Å². The maximum Gasteiger partial charge on any atom is 0.240 e. The molecule has 4 nitrogen and oxygen atoms in total. The minimum absolute atomic E-state index is 0.0829. The Morgan fingerprint density at radius 3 is 2.19 bits per heavy atom. The molecule has 5 heteroatoms. The highest BCUT2D eigenvalue weighted by molar-refractivity contribution is 7.89. The van der Waals surface area contributed by atoms with Gasteiger partial charge in [-0.1, -0.05) is 39.8 Å². The summed E-state index contributed by atoms with van der Waals surface area (Å²) in [6.45, 7) is 9.73. The molecule has 0 amide bonds. The van der Waals surface area contributed by atoms with Gasteiger partial charge in [0.25, 0.3) is 0 Å². The highest BCUT2D eigenvalue weighted by atomic mass is 32.2. The minimum atomic E-state index is -3.42. The van der Waals surface area contributed by atoms with Gasteiger partial charge in [-0.3, -0.25) is 0 Å². The second-order valence-corrected chi connectivity index (χ2v) is 8.38. The van der Waals surface area contributed by atoms with Crippen LogP contribution in [0.2, 0.25) is 0 Å². The van der Waals surface area contributed by atoms with Crippen LogP contribution in [0.4, 0.5) is 0 Å². The minimum Gasteiger partial charge on any atom is -0.319 e. The predicted molar refractivity (Wildman–Crippen MR) is 87.9 cm³/mol. The van der Waals surface area contributed by atoms with Crippen molar-refractivity contribution < 1.29 is 8.42 Å². The Morgan fingerprint density at radius 1 is 1.14 bits per heavy atom. The first-order chi connectivity index (χ1) is 9.66. The molecule has 2 N–H and O–H groups in total. The van der Waals surface area contributed by atoms with Gasteiger partial charge in [0, 0.05) is 6.54 Å². The summed E-state index contributed by atoms with van der Waals surface area (Å²) < 4.78 is 27.2. The number of hydrogen-bond acceptors (Lipinski definition) is 3. The average Bonchev–Trinajstić information content (AvgIpc) is 2.42. The Morgan fingerprint density at radius 2 is 1.71 bits per heavy atom. The normalized spacial score (nSPS) is 14.1. The van der Waals surface area contributed by atoms with Gasteiger partial charge < -0.3 is 5.32 Å². The Balaban J connectivity index is 2.70. The van der Waals surface area contributed by atoms with E-state index in [1.807, 2.05) is 19.2 Å². The van der Waals surface area contributed by atoms with E-state index in [1.54, 1.807) is 12.1 Å². The lowest BCUT2D eigenvalue weighted by Crippen LogP contribution is -2.33. The van der Waals surface area contributed by atoms with Crippen molar-refractivity contribution in [1.29, 1.82) is 0 Å². The maximum absolute atomic E-state index is 12.3. The van der Waals surface area contributed by atoms with Gasteiger partial charge >= 0.3 is 0 Å². The van der Waals surface area contributed by atoms with E-state index in [2.05, 4.69) is 37.7 Å². The van der Waals surface area contributed by atoms with Crippen molar-refractivity contribution in [3.8, 4) is 0 Å². The lowest BCUT2D eigenvalue weighted by molar-refractivity contribution is 0.263. The summed E-state index contributed by atoms with van der Waals surface area (Å²) in [6, 6.07) is 7.10. The van der Waals surface area contributed by atoms with Crippen LogP contribution in [-0.4, -0.2) is 28.6 Å². The fourth-order valence-corrected chi connectivity index (χ4v) is 2.86. The summed E-state index contributed by atoms with van der Waals surface area (Å²) in [6.07, 6.45) is 0.894. The SMILES string of the molecule is CNCCc1ccc(S(=O)(=O)NCC(C)C(C)(C)C)cc1. The molecule has 0 saturated heterocycles. The molecule has 1 aromatic rings. The predicted octanol–water partition coefficient (Wildman–Crippen LogP) is 2.41. The molecule has 0 heterocycles. The van der Waals surface area contributed by atoms with E-state index in [9.17, 15) is 8.42 Å². The number of nitrogens with one attached hydrogen (secondary N) is 2. The second kappa shape index (κ2) is 7.38. The number of hydrogen-bond donors (Lipinski definition) is 2. The summed E-state index contributed by atoms with van der Waals surface area (Å²) in [7, 11) is -1.52. The van der Waals surface area contributed by atoms with Crippen LogP contribution in [0.15, 0.2) is 29.2 Å². The van der Waals surface area contributed by atoms with Crippen LogP contribution in [0.25, 0.3) is 0 Å². The van der Waals surface area contributed by atoms with Crippen LogP contribution in [-0.2, 0) is 16.4 Å². The molecule has 1 unspecified atom stereocenters. The maximum atomic E-state index is 12.3. The van der Waals surface area contributed by atoms with E-state index in [4.69, 9.17) is 0 Å². The van der Waals surface area contributed by atoms with Crippen molar-refractivity contribution in [2.75, 3.05) is 20.1 Å². The monoisotopic (exact) mass is 312 g/mol. The molecule has 1 rings (SSSR count). The van der Waals surface area contributed by atoms with Crippen molar-refractivity contribution in [3.05, 3.63) is 29.8 Å². The smallest absolute Gasteiger partial charge is 0.240 e. The van der Waals surface area contributed by atoms with Gasteiger partial charge in [0.15, 0.2) is 0 Å². The summed E-state index contributed by atoms with van der Waals surface area (Å²) in [5.74, 6) is 0.266. The average molecular weight is 312 g/mol. The summed E-state index contributed by atoms with van der Waals surface area (Å²) in [4.78, 5) is 0.330. The lowest BCUT2D eigenvalue weighted by Gasteiger charge is -2.27. The molecule has 0 aromatic heterocycles. The van der Waals surface area contributed by atoms with Gasteiger partial charge in [0.05, 0.1) is 4.90 Å². The van der Waals surface area contributed by atoms with E-state index >= 15 is 0 Å². The van der Waals surface area contributed by atoms with Crippen LogP contribution in [0.3, 0.4) is 0 Å². The lowest BCUT2D eigenvalue weighted by atomic mass is 9.82. The zero-order valence-electron chi connectivity index (χ0n) is 13.7. The first-order valence-electron chi connectivity index (χ1n) is 7.40. The van der Waals surface area contributed by atoms with Gasteiger partial charge in [-0.15, -0.1) is 0 Å². The van der Waals surface area contributed by atoms with Gasteiger partial charge in [-0.25, -0.2) is 13.1 Å². The van der Waals surface area contributed by atoms with Crippen LogP contribution < -0.4 is 10.0 Å². The molecule has 21 heavy (non-hydrogen) atoms. The topological polar surface area (TPSA) is 58.2 Å². The van der Waals surface area contributed by atoms with Crippen LogP contribution in [0, 0.1) is 11.3 Å². The van der Waals surface area contributed by atoms with Crippen molar-refractivity contribution in [1.82, 2.24) is 10.0 Å². The van der Waals surface area contributed by atoms with E-state index in [0.29, 0.717) is 11.4 Å². The van der Waals surface area contributed by atoms with Crippen LogP contribution in [0.1, 0.15) is 33.3 Å². The third kappa shape index (κ3) is 5.77. The Hall–Kier alpha value is -0.910. The van der Waals surface area contributed by atoms with Crippen molar-refractivity contribution >= 4 is 10.0 Å². The molecule has 1 atom stereocenters. The standard InChI is InChI=1S/C16H28N2O2S/c1-13(16(2,3)4)12-18-21(19,20)15-8-6-14(7-9-15)10-11-17-5/h6-9,13,17-18H,10-12H2,1-5H3. The summed E-state index contributed by atoms with van der Waals surface area (Å²) in [5.41, 5.74) is 1.21. The van der Waals surface area contributed by atoms with Crippen molar-refractivity contribution in [2.24, 2.45) is 11.3 Å². The Labute approximate surface area is 129 Å². The fraction of sp³-hybridized carbons (Fsp3) is 0.625. The molecule has 0 aliphatic heterocycles. The molecule has 0 aliphatic rings. The molecule has 0 aliphatic carbocycles. The molecular formula is C16H28N2O2S. The van der Waals surface area contributed by atoms with Crippen molar-refractivity contribution in [3.63, 3.8) is 0 Å². The summed E-state index contributed by atoms with van der Waals surface area (Å²) in [5, 5.41) is 3.08. The number of rotatable bonds is 7. The van der Waals surface area contributed by atoms with E-state index in [1.165, 1.54) is 0 Å². The van der Waals surface area contributed by atoms with Gasteiger partial charge in [0.2, 0.25) is 10.0 Å². The zero-order valence-corrected chi connectivity index (χ0v) is 14.5. The largest absolute Gasteiger partial charge is 0.319 e. The first kappa shape index (κ1) is 18.1.